The van der Waals surface area contributed by atoms with Gasteiger partial charge in [-0.1, -0.05) is 232 Å². The molecule has 9 heteroatoms. The number of carboxylic acid groups (broad SMARTS) is 1. The first kappa shape index (κ1) is 71.0. The Kier molecular flexibility index (Phi) is 53.1. The van der Waals surface area contributed by atoms with Crippen LogP contribution < -0.4 is 5.11 Å². The minimum atomic E-state index is -1.63. The number of hydrogen-bond acceptors (Lipinski definition) is 8. The number of unbranched alkanes of at least 4 members (excludes halogenated alkanes) is 21. The van der Waals surface area contributed by atoms with Crippen molar-refractivity contribution < 1.29 is 42.9 Å². The molecule has 0 aromatic carbocycles. The first-order chi connectivity index (χ1) is 36.6. The molecule has 0 spiro atoms. The molecule has 0 saturated heterocycles. The van der Waals surface area contributed by atoms with Gasteiger partial charge in [0.25, 0.3) is 0 Å². The molecule has 2 atom stereocenters. The molecule has 9 nitrogen and oxygen atoms in total. The van der Waals surface area contributed by atoms with Crippen LogP contribution in [0.4, 0.5) is 0 Å². The summed E-state index contributed by atoms with van der Waals surface area (Å²) in [5, 5.41) is 11.8. The van der Waals surface area contributed by atoms with Gasteiger partial charge in [0.1, 0.15) is 13.2 Å². The van der Waals surface area contributed by atoms with Crippen molar-refractivity contribution in [3.63, 3.8) is 0 Å². The average Bonchev–Trinajstić information content (AvgIpc) is 3.38. The molecular formula is C66H111NO8. The van der Waals surface area contributed by atoms with Gasteiger partial charge in [0, 0.05) is 12.8 Å². The third kappa shape index (κ3) is 57.5. The number of carbonyl (C=O) groups is 3. The average molecular weight is 1050 g/mol. The smallest absolute Gasteiger partial charge is 0.306 e. The first-order valence-corrected chi connectivity index (χ1v) is 30.0. The number of hydrogen-bond donors (Lipinski definition) is 0. The number of allylic oxidation sites excluding steroid dienone is 18. The van der Waals surface area contributed by atoms with Crippen molar-refractivity contribution in [2.24, 2.45) is 0 Å². The van der Waals surface area contributed by atoms with Gasteiger partial charge in [-0.15, -0.1) is 0 Å². The van der Waals surface area contributed by atoms with Crippen LogP contribution in [-0.4, -0.2) is 82.3 Å². The van der Waals surface area contributed by atoms with E-state index in [1.807, 2.05) is 21.1 Å². The molecule has 0 fully saturated rings. The summed E-state index contributed by atoms with van der Waals surface area (Å²) < 4.78 is 22.7. The van der Waals surface area contributed by atoms with Crippen LogP contribution in [-0.2, 0) is 33.3 Å². The Hall–Kier alpha value is -4.05. The lowest BCUT2D eigenvalue weighted by molar-refractivity contribution is -0.870. The van der Waals surface area contributed by atoms with E-state index in [4.69, 9.17) is 18.9 Å². The van der Waals surface area contributed by atoms with Crippen molar-refractivity contribution in [3.8, 4) is 0 Å². The highest BCUT2D eigenvalue weighted by molar-refractivity contribution is 5.70. The maximum Gasteiger partial charge on any atom is 0.306 e. The molecular weight excluding hydrogens is 935 g/mol. The number of ether oxygens (including phenoxy) is 4. The van der Waals surface area contributed by atoms with Gasteiger partial charge in [-0.25, -0.2) is 0 Å². The molecule has 0 radical (unpaired) electrons. The highest BCUT2D eigenvalue weighted by Crippen LogP contribution is 2.16. The highest BCUT2D eigenvalue weighted by atomic mass is 16.7. The Labute approximate surface area is 460 Å². The summed E-state index contributed by atoms with van der Waals surface area (Å²) in [6, 6.07) is 0. The quantitative estimate of drug-likeness (QED) is 0.0195. The standard InChI is InChI=1S/C66H111NO8/c1-6-8-10-12-14-16-18-20-22-24-26-28-30-31-32-33-35-37-39-41-43-45-47-49-51-53-55-57-64(69)75-62(61-74-66(65(70)71)72-59-58-67(3,4)5)60-73-63(68)56-54-52-50-48-46-44-42-40-38-36-34-29-27-25-23-21-19-17-15-13-11-9-7-2/h8-11,14-17,20-23,26-29,31-32,62,66H,6-7,12-13,18-19,24-25,30,33-61H2,1-5H3/b10-8-,11-9-,16-14-,17-15-,22-20-,23-21-,28-26-,29-27-,32-31-. The molecule has 0 bridgehead atoms. The Morgan fingerprint density at radius 1 is 0.400 bits per heavy atom. The summed E-state index contributed by atoms with van der Waals surface area (Å²) >= 11 is 0. The van der Waals surface area contributed by atoms with Gasteiger partial charge in [0.2, 0.25) is 0 Å². The number of carboxylic acids is 1. The van der Waals surface area contributed by atoms with E-state index < -0.39 is 24.3 Å². The zero-order valence-corrected chi connectivity index (χ0v) is 48.6. The molecule has 0 aromatic heterocycles. The fourth-order valence-electron chi connectivity index (χ4n) is 7.97. The van der Waals surface area contributed by atoms with Crippen LogP contribution in [0, 0.1) is 0 Å². The molecule has 75 heavy (non-hydrogen) atoms. The monoisotopic (exact) mass is 1050 g/mol. The largest absolute Gasteiger partial charge is 0.545 e. The van der Waals surface area contributed by atoms with E-state index >= 15 is 0 Å². The van der Waals surface area contributed by atoms with Crippen LogP contribution in [0.5, 0.6) is 0 Å². The van der Waals surface area contributed by atoms with Gasteiger partial charge in [0.15, 0.2) is 12.4 Å². The van der Waals surface area contributed by atoms with Crippen LogP contribution in [0.2, 0.25) is 0 Å². The number of quaternary nitrogens is 1. The van der Waals surface area contributed by atoms with Crippen molar-refractivity contribution >= 4 is 17.9 Å². The first-order valence-electron chi connectivity index (χ1n) is 30.0. The summed E-state index contributed by atoms with van der Waals surface area (Å²) in [5.74, 6) is -2.30. The lowest BCUT2D eigenvalue weighted by atomic mass is 10.0. The highest BCUT2D eigenvalue weighted by Gasteiger charge is 2.22. The van der Waals surface area contributed by atoms with E-state index in [9.17, 15) is 19.5 Å². The lowest BCUT2D eigenvalue weighted by Crippen LogP contribution is -2.44. The molecule has 0 aliphatic heterocycles. The van der Waals surface area contributed by atoms with Gasteiger partial charge >= 0.3 is 11.9 Å². The number of aliphatic carboxylic acids is 1. The summed E-state index contributed by atoms with van der Waals surface area (Å²) in [4.78, 5) is 37.4. The molecule has 0 aromatic rings. The Bertz CT molecular complexity index is 1590. The van der Waals surface area contributed by atoms with Gasteiger partial charge in [-0.2, -0.15) is 0 Å². The second-order valence-corrected chi connectivity index (χ2v) is 20.9. The number of esters is 2. The summed E-state index contributed by atoms with van der Waals surface area (Å²) in [7, 11) is 5.92. The predicted octanol–water partition coefficient (Wildman–Crippen LogP) is 16.6. The zero-order chi connectivity index (χ0) is 54.8. The SMILES string of the molecule is CC/C=C\C/C=C\C/C=C\C/C=C\C/C=C\CCCCCCCCCCCCCC(=O)OC(COC(=O)CCCCCCCCCCCC/C=C\C/C=C\C/C=C\C/C=C\CC)COC(OCC[N+](C)(C)C)C(=O)[O-]. The van der Waals surface area contributed by atoms with E-state index in [1.165, 1.54) is 83.5 Å². The fraction of sp³-hybridized carbons (Fsp3) is 0.682. The van der Waals surface area contributed by atoms with Crippen LogP contribution in [0.15, 0.2) is 109 Å². The number of likely N-dealkylation sites (N-methyl/N-ethyl adjacent to an activating group) is 1. The molecule has 2 unspecified atom stereocenters. The third-order valence-electron chi connectivity index (χ3n) is 12.5. The maximum atomic E-state index is 12.9. The second-order valence-electron chi connectivity index (χ2n) is 20.9. The van der Waals surface area contributed by atoms with Crippen molar-refractivity contribution in [2.45, 2.75) is 245 Å². The van der Waals surface area contributed by atoms with Crippen LogP contribution in [0.25, 0.3) is 0 Å². The van der Waals surface area contributed by atoms with Gasteiger partial charge in [-0.3, -0.25) is 9.59 Å². The molecule has 0 aliphatic rings. The minimum Gasteiger partial charge on any atom is -0.545 e. The predicted molar refractivity (Wildman–Crippen MR) is 315 cm³/mol. The van der Waals surface area contributed by atoms with E-state index in [0.29, 0.717) is 17.4 Å². The van der Waals surface area contributed by atoms with E-state index in [0.717, 1.165) is 116 Å². The normalized spacial score (nSPS) is 13.6. The second kappa shape index (κ2) is 56.2. The van der Waals surface area contributed by atoms with Crippen molar-refractivity contribution in [2.75, 3.05) is 47.5 Å². The van der Waals surface area contributed by atoms with E-state index in [2.05, 4.69) is 123 Å². The number of rotatable bonds is 54. The number of carbonyl (C=O) groups excluding carboxylic acids is 3. The van der Waals surface area contributed by atoms with Gasteiger partial charge < -0.3 is 33.3 Å². The van der Waals surface area contributed by atoms with Gasteiger partial charge in [-0.05, 0) is 96.3 Å². The third-order valence-corrected chi connectivity index (χ3v) is 12.5. The Morgan fingerprint density at radius 2 is 0.720 bits per heavy atom. The topological polar surface area (TPSA) is 111 Å². The molecule has 0 N–H and O–H groups in total. The number of nitrogens with zero attached hydrogens (tertiary/aromatic N) is 1. The summed E-state index contributed by atoms with van der Waals surface area (Å²) in [6.07, 6.45) is 74.2. The van der Waals surface area contributed by atoms with Crippen molar-refractivity contribution in [3.05, 3.63) is 109 Å². The molecule has 0 aliphatic carbocycles. The molecule has 0 heterocycles. The Morgan fingerprint density at radius 3 is 1.07 bits per heavy atom. The van der Waals surface area contributed by atoms with Crippen LogP contribution >= 0.6 is 0 Å². The van der Waals surface area contributed by atoms with E-state index in [-0.39, 0.29) is 38.6 Å². The minimum absolute atomic E-state index is 0.141. The summed E-state index contributed by atoms with van der Waals surface area (Å²) in [6.45, 7) is 4.51. The molecule has 0 amide bonds. The molecule has 428 valence electrons. The fourth-order valence-corrected chi connectivity index (χ4v) is 7.97. The lowest BCUT2D eigenvalue weighted by Gasteiger charge is -2.26. The molecule has 0 saturated carbocycles. The van der Waals surface area contributed by atoms with Crippen LogP contribution in [0.3, 0.4) is 0 Å². The van der Waals surface area contributed by atoms with Crippen LogP contribution in [0.1, 0.15) is 232 Å². The molecule has 0 rings (SSSR count). The van der Waals surface area contributed by atoms with Crippen molar-refractivity contribution in [1.29, 1.82) is 0 Å². The zero-order valence-electron chi connectivity index (χ0n) is 48.6. The maximum absolute atomic E-state index is 12.9. The van der Waals surface area contributed by atoms with E-state index in [1.54, 1.807) is 0 Å². The summed E-state index contributed by atoms with van der Waals surface area (Å²) in [5.41, 5.74) is 0. The van der Waals surface area contributed by atoms with Gasteiger partial charge in [0.05, 0.1) is 40.3 Å². The van der Waals surface area contributed by atoms with Crippen molar-refractivity contribution in [1.82, 2.24) is 0 Å². The Balaban J connectivity index is 4.25.